The van der Waals surface area contributed by atoms with Crippen LogP contribution in [0.2, 0.25) is 5.02 Å². The Hall–Kier alpha value is -1.07. The summed E-state index contributed by atoms with van der Waals surface area (Å²) < 4.78 is 1.24. The van der Waals surface area contributed by atoms with Crippen LogP contribution in [-0.4, -0.2) is 28.9 Å². The minimum atomic E-state index is -0.261. The standard InChI is InChI=1S/C11H17ClN4O/c1-16-11(17)10(12)9(7-14-16)15-8-3-2-5-13-6-4-8/h7-8,13,15H,2-6H2,1H3. The smallest absolute Gasteiger partial charge is 0.287 e. The third-order valence-electron chi connectivity index (χ3n) is 3.01. The first-order valence-corrected chi connectivity index (χ1v) is 6.25. The van der Waals surface area contributed by atoms with Gasteiger partial charge >= 0.3 is 0 Å². The Bertz CT molecular complexity index is 438. The Morgan fingerprint density at radius 2 is 2.35 bits per heavy atom. The van der Waals surface area contributed by atoms with Crippen LogP contribution in [-0.2, 0) is 7.05 Å². The van der Waals surface area contributed by atoms with E-state index in [1.54, 1.807) is 13.2 Å². The van der Waals surface area contributed by atoms with Gasteiger partial charge in [0.25, 0.3) is 5.56 Å². The predicted molar refractivity (Wildman–Crippen MR) is 68.6 cm³/mol. The number of aryl methyl sites for hydroxylation is 1. The Balaban J connectivity index is 2.12. The molecule has 6 heteroatoms. The topological polar surface area (TPSA) is 59.0 Å². The number of hydrogen-bond acceptors (Lipinski definition) is 4. The van der Waals surface area contributed by atoms with Crippen molar-refractivity contribution in [3.05, 3.63) is 21.6 Å². The van der Waals surface area contributed by atoms with Gasteiger partial charge in [0.2, 0.25) is 0 Å². The summed E-state index contributed by atoms with van der Waals surface area (Å²) >= 11 is 6.01. The van der Waals surface area contributed by atoms with Gasteiger partial charge in [-0.25, -0.2) is 4.68 Å². The maximum Gasteiger partial charge on any atom is 0.287 e. The van der Waals surface area contributed by atoms with Gasteiger partial charge in [0.15, 0.2) is 0 Å². The van der Waals surface area contributed by atoms with Crippen molar-refractivity contribution < 1.29 is 0 Å². The first-order chi connectivity index (χ1) is 8.18. The zero-order chi connectivity index (χ0) is 12.3. The number of hydrogen-bond donors (Lipinski definition) is 2. The molecule has 1 aliphatic heterocycles. The number of nitrogens with one attached hydrogen (secondary N) is 2. The molecule has 0 radical (unpaired) electrons. The Morgan fingerprint density at radius 1 is 1.53 bits per heavy atom. The van der Waals surface area contributed by atoms with E-state index >= 15 is 0 Å². The number of aromatic nitrogens is 2. The van der Waals surface area contributed by atoms with Gasteiger partial charge in [0.05, 0.1) is 11.9 Å². The quantitative estimate of drug-likeness (QED) is 0.829. The van der Waals surface area contributed by atoms with Crippen LogP contribution in [0.25, 0.3) is 0 Å². The Kier molecular flexibility index (Phi) is 4.02. The lowest BCUT2D eigenvalue weighted by Gasteiger charge is -2.17. The van der Waals surface area contributed by atoms with Crippen molar-refractivity contribution >= 4 is 17.3 Å². The SMILES string of the molecule is Cn1ncc(NC2CCCNCC2)c(Cl)c1=O. The Morgan fingerprint density at radius 3 is 3.18 bits per heavy atom. The van der Waals surface area contributed by atoms with Crippen molar-refractivity contribution in [3.63, 3.8) is 0 Å². The molecule has 0 aliphatic carbocycles. The predicted octanol–water partition coefficient (Wildman–Crippen LogP) is 0.988. The van der Waals surface area contributed by atoms with Gasteiger partial charge in [-0.1, -0.05) is 11.6 Å². The summed E-state index contributed by atoms with van der Waals surface area (Å²) in [4.78, 5) is 11.6. The molecule has 0 aromatic carbocycles. The summed E-state index contributed by atoms with van der Waals surface area (Å²) in [6, 6.07) is 0.358. The third kappa shape index (κ3) is 2.98. The minimum Gasteiger partial charge on any atom is -0.380 e. The van der Waals surface area contributed by atoms with Crippen LogP contribution in [0, 0.1) is 0 Å². The van der Waals surface area contributed by atoms with Gasteiger partial charge in [-0.2, -0.15) is 5.10 Å². The largest absolute Gasteiger partial charge is 0.380 e. The molecule has 0 amide bonds. The van der Waals surface area contributed by atoms with E-state index in [9.17, 15) is 4.79 Å². The molecule has 1 aliphatic rings. The fourth-order valence-electron chi connectivity index (χ4n) is 1.99. The van der Waals surface area contributed by atoms with Crippen molar-refractivity contribution in [1.82, 2.24) is 15.1 Å². The lowest BCUT2D eigenvalue weighted by molar-refractivity contribution is 0.634. The summed E-state index contributed by atoms with van der Waals surface area (Å²) in [6.07, 6.45) is 4.86. The molecule has 17 heavy (non-hydrogen) atoms. The second-order valence-corrected chi connectivity index (χ2v) is 4.70. The highest BCUT2D eigenvalue weighted by molar-refractivity contribution is 6.32. The lowest BCUT2D eigenvalue weighted by atomic mass is 10.1. The second kappa shape index (κ2) is 5.51. The van der Waals surface area contributed by atoms with Crippen molar-refractivity contribution in [2.24, 2.45) is 7.05 Å². The summed E-state index contributed by atoms with van der Waals surface area (Å²) in [6.45, 7) is 2.05. The molecule has 1 atom stereocenters. The van der Waals surface area contributed by atoms with Gasteiger partial charge in [-0.15, -0.1) is 0 Å². The molecule has 0 spiro atoms. The normalized spacial score (nSPS) is 20.9. The Labute approximate surface area is 105 Å². The molecular formula is C11H17ClN4O. The third-order valence-corrected chi connectivity index (χ3v) is 3.38. The van der Waals surface area contributed by atoms with Gasteiger partial charge < -0.3 is 10.6 Å². The van der Waals surface area contributed by atoms with E-state index in [-0.39, 0.29) is 10.6 Å². The number of halogens is 1. The minimum absolute atomic E-state index is 0.222. The maximum atomic E-state index is 11.6. The van der Waals surface area contributed by atoms with Crippen LogP contribution >= 0.6 is 11.6 Å². The van der Waals surface area contributed by atoms with Crippen molar-refractivity contribution in [2.45, 2.75) is 25.3 Å². The van der Waals surface area contributed by atoms with Crippen molar-refractivity contribution in [2.75, 3.05) is 18.4 Å². The summed E-state index contributed by atoms with van der Waals surface area (Å²) in [7, 11) is 1.59. The zero-order valence-electron chi connectivity index (χ0n) is 9.87. The van der Waals surface area contributed by atoms with Crippen molar-refractivity contribution in [3.8, 4) is 0 Å². The van der Waals surface area contributed by atoms with E-state index in [0.29, 0.717) is 11.7 Å². The van der Waals surface area contributed by atoms with Crippen LogP contribution in [0.3, 0.4) is 0 Å². The molecule has 5 nitrogen and oxygen atoms in total. The van der Waals surface area contributed by atoms with E-state index in [1.165, 1.54) is 4.68 Å². The first kappa shape index (κ1) is 12.4. The summed E-state index contributed by atoms with van der Waals surface area (Å²) in [5, 5.41) is 10.8. The highest BCUT2D eigenvalue weighted by atomic mass is 35.5. The van der Waals surface area contributed by atoms with Gasteiger partial charge in [0, 0.05) is 13.1 Å². The molecule has 2 N–H and O–H groups in total. The molecule has 0 saturated carbocycles. The first-order valence-electron chi connectivity index (χ1n) is 5.87. The van der Waals surface area contributed by atoms with Crippen LogP contribution in [0.1, 0.15) is 19.3 Å². The average molecular weight is 257 g/mol. The van der Waals surface area contributed by atoms with Crippen LogP contribution in [0.5, 0.6) is 0 Å². The van der Waals surface area contributed by atoms with Gasteiger partial charge in [0.1, 0.15) is 5.02 Å². The van der Waals surface area contributed by atoms with E-state index in [4.69, 9.17) is 11.6 Å². The molecule has 1 aromatic rings. The fourth-order valence-corrected chi connectivity index (χ4v) is 2.22. The van der Waals surface area contributed by atoms with Gasteiger partial charge in [-0.05, 0) is 32.4 Å². The van der Waals surface area contributed by atoms with Crippen LogP contribution in [0.15, 0.2) is 11.0 Å². The molecule has 1 saturated heterocycles. The highest BCUT2D eigenvalue weighted by Gasteiger charge is 2.14. The zero-order valence-corrected chi connectivity index (χ0v) is 10.6. The fraction of sp³-hybridized carbons (Fsp3) is 0.636. The second-order valence-electron chi connectivity index (χ2n) is 4.32. The van der Waals surface area contributed by atoms with Gasteiger partial charge in [-0.3, -0.25) is 4.79 Å². The number of nitrogens with zero attached hydrogens (tertiary/aromatic N) is 2. The number of anilines is 1. The van der Waals surface area contributed by atoms with Crippen molar-refractivity contribution in [1.29, 1.82) is 0 Å². The molecule has 1 unspecified atom stereocenters. The molecule has 0 bridgehead atoms. The van der Waals surface area contributed by atoms with E-state index < -0.39 is 0 Å². The molecular weight excluding hydrogens is 240 g/mol. The average Bonchev–Trinajstić information content (AvgIpc) is 2.59. The van der Waals surface area contributed by atoms with Crippen LogP contribution in [0.4, 0.5) is 5.69 Å². The van der Waals surface area contributed by atoms with E-state index in [2.05, 4.69) is 15.7 Å². The number of rotatable bonds is 2. The lowest BCUT2D eigenvalue weighted by Crippen LogP contribution is -2.25. The molecule has 2 heterocycles. The molecule has 94 valence electrons. The highest BCUT2D eigenvalue weighted by Crippen LogP contribution is 2.19. The summed E-state index contributed by atoms with van der Waals surface area (Å²) in [5.41, 5.74) is 0.380. The van der Waals surface area contributed by atoms with E-state index in [0.717, 1.165) is 32.4 Å². The molecule has 1 fully saturated rings. The maximum absolute atomic E-state index is 11.6. The van der Waals surface area contributed by atoms with Crippen LogP contribution < -0.4 is 16.2 Å². The summed E-state index contributed by atoms with van der Waals surface area (Å²) in [5.74, 6) is 0. The van der Waals surface area contributed by atoms with E-state index in [1.807, 2.05) is 0 Å². The molecule has 2 rings (SSSR count). The monoisotopic (exact) mass is 256 g/mol. The molecule has 1 aromatic heterocycles.